The molecule has 116 valence electrons. The van der Waals surface area contributed by atoms with Gasteiger partial charge in [0.1, 0.15) is 0 Å². The third-order valence-corrected chi connectivity index (χ3v) is 6.78. The first-order valence-corrected chi connectivity index (χ1v) is 9.04. The molecule has 2 aliphatic carbocycles. The predicted molar refractivity (Wildman–Crippen MR) is 75.2 cm³/mol. The molecule has 1 saturated carbocycles. The highest BCUT2D eigenvalue weighted by molar-refractivity contribution is 7.91. The number of hydrogen-bond acceptors (Lipinski definition) is 4. The minimum atomic E-state index is -3.09. The van der Waals surface area contributed by atoms with Crippen LogP contribution in [0.15, 0.2) is 12.2 Å². The molecule has 3 aliphatic rings. The van der Waals surface area contributed by atoms with E-state index in [9.17, 15) is 23.1 Å². The van der Waals surface area contributed by atoms with Crippen molar-refractivity contribution in [3.05, 3.63) is 12.2 Å². The van der Waals surface area contributed by atoms with Crippen LogP contribution in [0.3, 0.4) is 0 Å². The van der Waals surface area contributed by atoms with Crippen molar-refractivity contribution in [2.75, 3.05) is 18.1 Å². The number of amides is 1. The number of carbonyl (C=O) groups is 2. The van der Waals surface area contributed by atoms with Crippen molar-refractivity contribution in [1.82, 2.24) is 4.90 Å². The summed E-state index contributed by atoms with van der Waals surface area (Å²) >= 11 is 0. The molecule has 1 heterocycles. The van der Waals surface area contributed by atoms with Crippen LogP contribution in [0.2, 0.25) is 0 Å². The van der Waals surface area contributed by atoms with E-state index in [-0.39, 0.29) is 41.8 Å². The molecule has 1 saturated heterocycles. The van der Waals surface area contributed by atoms with Gasteiger partial charge in [-0.2, -0.15) is 0 Å². The summed E-state index contributed by atoms with van der Waals surface area (Å²) in [4.78, 5) is 25.8. The van der Waals surface area contributed by atoms with Gasteiger partial charge in [-0.25, -0.2) is 8.42 Å². The van der Waals surface area contributed by atoms with Gasteiger partial charge >= 0.3 is 5.97 Å². The first-order valence-electron chi connectivity index (χ1n) is 7.22. The third-order valence-electron chi connectivity index (χ3n) is 4.98. The lowest BCUT2D eigenvalue weighted by atomic mass is 9.82. The molecular weight excluding hydrogens is 294 g/mol. The lowest BCUT2D eigenvalue weighted by molar-refractivity contribution is -0.151. The average Bonchev–Trinajstić information content (AvgIpc) is 2.96. The molecule has 1 aliphatic heterocycles. The number of aliphatic carboxylic acids is 1. The van der Waals surface area contributed by atoms with Gasteiger partial charge in [0.2, 0.25) is 5.91 Å². The Morgan fingerprint density at radius 2 is 1.81 bits per heavy atom. The average molecular weight is 313 g/mol. The molecule has 0 aromatic rings. The van der Waals surface area contributed by atoms with E-state index in [0.29, 0.717) is 6.42 Å². The monoisotopic (exact) mass is 313 g/mol. The lowest BCUT2D eigenvalue weighted by Gasteiger charge is -2.37. The van der Waals surface area contributed by atoms with Crippen LogP contribution in [-0.2, 0) is 19.4 Å². The summed E-state index contributed by atoms with van der Waals surface area (Å²) in [5.74, 6) is -2.48. The highest BCUT2D eigenvalue weighted by Gasteiger charge is 2.53. The summed E-state index contributed by atoms with van der Waals surface area (Å²) in [7, 11) is -3.09. The Balaban J connectivity index is 1.82. The first-order chi connectivity index (χ1) is 9.80. The van der Waals surface area contributed by atoms with Gasteiger partial charge in [-0.3, -0.25) is 9.59 Å². The second-order valence-electron chi connectivity index (χ2n) is 6.33. The summed E-state index contributed by atoms with van der Waals surface area (Å²) in [6.07, 6.45) is 4.56. The Bertz CT molecular complexity index is 611. The zero-order chi connectivity index (χ0) is 15.4. The maximum atomic E-state index is 12.8. The number of hydrogen-bond donors (Lipinski definition) is 1. The van der Waals surface area contributed by atoms with E-state index in [1.54, 1.807) is 11.8 Å². The molecule has 0 aromatic carbocycles. The largest absolute Gasteiger partial charge is 0.481 e. The summed E-state index contributed by atoms with van der Waals surface area (Å²) in [6, 6.07) is -0.381. The van der Waals surface area contributed by atoms with E-state index in [2.05, 4.69) is 0 Å². The summed E-state index contributed by atoms with van der Waals surface area (Å²) in [5.41, 5.74) is 0. The van der Waals surface area contributed by atoms with Gasteiger partial charge in [0, 0.05) is 12.6 Å². The lowest BCUT2D eigenvalue weighted by Crippen LogP contribution is -2.53. The Labute approximate surface area is 123 Å². The van der Waals surface area contributed by atoms with E-state index in [1.165, 1.54) is 0 Å². The van der Waals surface area contributed by atoms with E-state index < -0.39 is 27.6 Å². The molecule has 5 atom stereocenters. The number of carbonyl (C=O) groups excluding carboxylic acids is 1. The topological polar surface area (TPSA) is 91.8 Å². The smallest absolute Gasteiger partial charge is 0.307 e. The van der Waals surface area contributed by atoms with Gasteiger partial charge in [-0.05, 0) is 25.2 Å². The second-order valence-corrected chi connectivity index (χ2v) is 8.56. The molecule has 2 bridgehead atoms. The second kappa shape index (κ2) is 4.83. The van der Waals surface area contributed by atoms with Crippen LogP contribution in [0.4, 0.5) is 0 Å². The Hall–Kier alpha value is -1.37. The van der Waals surface area contributed by atoms with Crippen LogP contribution < -0.4 is 0 Å². The minimum absolute atomic E-state index is 0.0191. The fourth-order valence-electron chi connectivity index (χ4n) is 4.01. The van der Waals surface area contributed by atoms with Gasteiger partial charge in [-0.15, -0.1) is 0 Å². The van der Waals surface area contributed by atoms with Crippen molar-refractivity contribution in [3.63, 3.8) is 0 Å². The van der Waals surface area contributed by atoms with Gasteiger partial charge in [-0.1, -0.05) is 12.2 Å². The van der Waals surface area contributed by atoms with Crippen molar-refractivity contribution >= 4 is 21.7 Å². The van der Waals surface area contributed by atoms with Gasteiger partial charge < -0.3 is 10.0 Å². The third kappa shape index (κ3) is 2.37. The molecule has 0 radical (unpaired) electrons. The zero-order valence-electron chi connectivity index (χ0n) is 11.8. The van der Waals surface area contributed by atoms with Crippen LogP contribution in [0.1, 0.15) is 13.3 Å². The van der Waals surface area contributed by atoms with Crippen molar-refractivity contribution in [2.24, 2.45) is 23.7 Å². The molecular formula is C14H19NO5S. The van der Waals surface area contributed by atoms with E-state index in [0.717, 1.165) is 0 Å². The summed E-state index contributed by atoms with van der Waals surface area (Å²) < 4.78 is 23.2. The van der Waals surface area contributed by atoms with Crippen molar-refractivity contribution in [2.45, 2.75) is 19.4 Å². The first kappa shape index (κ1) is 14.6. The Morgan fingerprint density at radius 1 is 1.19 bits per heavy atom. The molecule has 2 fully saturated rings. The Kier molecular flexibility index (Phi) is 3.35. The SMILES string of the molecule is CC1CS(=O)(=O)CCN1C(=O)C1C2C=CC(C2)C1C(=O)O. The van der Waals surface area contributed by atoms with E-state index >= 15 is 0 Å². The number of carboxylic acid groups (broad SMARTS) is 1. The molecule has 1 N–H and O–H groups in total. The standard InChI is InChI=1S/C14H19NO5S/c1-8-7-21(19,20)5-4-15(8)13(16)11-9-2-3-10(6-9)12(11)14(17)18/h2-3,8-12H,4-7H2,1H3,(H,17,18). The van der Waals surface area contributed by atoms with Crippen LogP contribution in [0.25, 0.3) is 0 Å². The number of nitrogens with zero attached hydrogens (tertiary/aromatic N) is 1. The zero-order valence-corrected chi connectivity index (χ0v) is 12.6. The van der Waals surface area contributed by atoms with Gasteiger partial charge in [0.15, 0.2) is 9.84 Å². The van der Waals surface area contributed by atoms with Gasteiger partial charge in [0.25, 0.3) is 0 Å². The molecule has 6 nitrogen and oxygen atoms in total. The van der Waals surface area contributed by atoms with Crippen molar-refractivity contribution < 1.29 is 23.1 Å². The van der Waals surface area contributed by atoms with Crippen molar-refractivity contribution in [1.29, 1.82) is 0 Å². The predicted octanol–water partition coefficient (Wildman–Crippen LogP) is 0.155. The summed E-state index contributed by atoms with van der Waals surface area (Å²) in [6.45, 7) is 1.89. The fraction of sp³-hybridized carbons (Fsp3) is 0.714. The van der Waals surface area contributed by atoms with Crippen LogP contribution in [-0.4, -0.2) is 54.4 Å². The minimum Gasteiger partial charge on any atom is -0.481 e. The van der Waals surface area contributed by atoms with Crippen LogP contribution in [0.5, 0.6) is 0 Å². The highest BCUT2D eigenvalue weighted by atomic mass is 32.2. The quantitative estimate of drug-likeness (QED) is 0.733. The fourth-order valence-corrected chi connectivity index (χ4v) is 5.57. The van der Waals surface area contributed by atoms with Gasteiger partial charge in [0.05, 0.1) is 23.3 Å². The molecule has 7 heteroatoms. The maximum Gasteiger partial charge on any atom is 0.307 e. The Morgan fingerprint density at radius 3 is 2.38 bits per heavy atom. The van der Waals surface area contributed by atoms with Crippen LogP contribution in [0, 0.1) is 23.7 Å². The normalized spacial score (nSPS) is 40.4. The van der Waals surface area contributed by atoms with Crippen LogP contribution >= 0.6 is 0 Å². The van der Waals surface area contributed by atoms with E-state index in [1.807, 2.05) is 12.2 Å². The number of allylic oxidation sites excluding steroid dienone is 2. The molecule has 0 spiro atoms. The highest BCUT2D eigenvalue weighted by Crippen LogP contribution is 2.49. The molecule has 3 rings (SSSR count). The van der Waals surface area contributed by atoms with Crippen molar-refractivity contribution in [3.8, 4) is 0 Å². The number of fused-ring (bicyclic) bond motifs is 2. The summed E-state index contributed by atoms with van der Waals surface area (Å²) in [5, 5.41) is 9.40. The molecule has 1 amide bonds. The number of sulfone groups is 1. The molecule has 5 unspecified atom stereocenters. The maximum absolute atomic E-state index is 12.8. The molecule has 0 aromatic heterocycles. The number of carboxylic acids is 1. The number of rotatable bonds is 2. The van der Waals surface area contributed by atoms with E-state index in [4.69, 9.17) is 0 Å². The molecule has 21 heavy (non-hydrogen) atoms.